The highest BCUT2D eigenvalue weighted by Crippen LogP contribution is 2.32. The number of likely N-dealkylation sites (tertiary alicyclic amines) is 1. The number of ether oxygens (including phenoxy) is 1. The molecule has 3 heterocycles. The van der Waals surface area contributed by atoms with E-state index < -0.39 is 11.1 Å². The fourth-order valence-electron chi connectivity index (χ4n) is 3.94. The summed E-state index contributed by atoms with van der Waals surface area (Å²) in [7, 11) is 0. The standard InChI is InChI=1S/C23H29N5O2/c1-22(2,3)30-21(29)28-14-13-18(23(28,4)5)25-19-11-8-12-20(26-19)27-15-24-16-9-6-7-10-17(16)27/h6-12,15,18H,13-14H2,1-5H3,(H,25,26). The third-order valence-corrected chi connectivity index (χ3v) is 5.56. The van der Waals surface area contributed by atoms with Crippen molar-refractivity contribution in [3.05, 3.63) is 48.8 Å². The summed E-state index contributed by atoms with van der Waals surface area (Å²) in [5.41, 5.74) is 1.03. The first-order chi connectivity index (χ1) is 14.1. The Labute approximate surface area is 177 Å². The van der Waals surface area contributed by atoms with Gasteiger partial charge < -0.3 is 15.0 Å². The number of amides is 1. The van der Waals surface area contributed by atoms with Crippen molar-refractivity contribution in [2.24, 2.45) is 0 Å². The van der Waals surface area contributed by atoms with Gasteiger partial charge in [-0.25, -0.2) is 14.8 Å². The van der Waals surface area contributed by atoms with E-state index in [4.69, 9.17) is 9.72 Å². The van der Waals surface area contributed by atoms with Gasteiger partial charge in [-0.3, -0.25) is 4.57 Å². The number of benzene rings is 1. The van der Waals surface area contributed by atoms with E-state index in [1.807, 2.05) is 72.7 Å². The lowest BCUT2D eigenvalue weighted by Gasteiger charge is -2.37. The van der Waals surface area contributed by atoms with Crippen molar-refractivity contribution < 1.29 is 9.53 Å². The summed E-state index contributed by atoms with van der Waals surface area (Å²) in [6.07, 6.45) is 2.34. The number of imidazole rings is 1. The summed E-state index contributed by atoms with van der Waals surface area (Å²) in [6.45, 7) is 10.4. The van der Waals surface area contributed by atoms with Gasteiger partial charge in [0.05, 0.1) is 22.6 Å². The molecule has 0 radical (unpaired) electrons. The highest BCUT2D eigenvalue weighted by Gasteiger charge is 2.45. The molecule has 30 heavy (non-hydrogen) atoms. The van der Waals surface area contributed by atoms with Crippen molar-refractivity contribution in [3.8, 4) is 5.82 Å². The van der Waals surface area contributed by atoms with E-state index >= 15 is 0 Å². The van der Waals surface area contributed by atoms with Crippen molar-refractivity contribution in [2.45, 2.75) is 58.2 Å². The molecule has 2 aromatic heterocycles. The van der Waals surface area contributed by atoms with Gasteiger partial charge in [-0.2, -0.15) is 0 Å². The largest absolute Gasteiger partial charge is 0.444 e. The maximum atomic E-state index is 12.7. The summed E-state index contributed by atoms with van der Waals surface area (Å²) in [4.78, 5) is 23.7. The molecule has 7 heteroatoms. The van der Waals surface area contributed by atoms with Crippen molar-refractivity contribution in [2.75, 3.05) is 11.9 Å². The lowest BCUT2D eigenvalue weighted by Crippen LogP contribution is -2.51. The highest BCUT2D eigenvalue weighted by molar-refractivity contribution is 5.76. The molecule has 3 aromatic rings. The van der Waals surface area contributed by atoms with E-state index in [-0.39, 0.29) is 12.1 Å². The molecule has 1 saturated heterocycles. The summed E-state index contributed by atoms with van der Waals surface area (Å²) < 4.78 is 7.58. The van der Waals surface area contributed by atoms with Gasteiger partial charge in [0.2, 0.25) is 0 Å². The zero-order valence-electron chi connectivity index (χ0n) is 18.2. The maximum Gasteiger partial charge on any atom is 0.410 e. The minimum atomic E-state index is -0.512. The van der Waals surface area contributed by atoms with Crippen LogP contribution in [0.1, 0.15) is 41.0 Å². The molecule has 0 saturated carbocycles. The fourth-order valence-corrected chi connectivity index (χ4v) is 3.94. The number of pyridine rings is 1. The zero-order chi connectivity index (χ0) is 21.5. The summed E-state index contributed by atoms with van der Waals surface area (Å²) in [5.74, 6) is 1.57. The molecule has 1 atom stereocenters. The van der Waals surface area contributed by atoms with Gasteiger partial charge in [-0.15, -0.1) is 0 Å². The number of hydrogen-bond donors (Lipinski definition) is 1. The van der Waals surface area contributed by atoms with Crippen LogP contribution in [0, 0.1) is 0 Å². The first-order valence-corrected chi connectivity index (χ1v) is 10.3. The van der Waals surface area contributed by atoms with Gasteiger partial charge >= 0.3 is 6.09 Å². The number of aromatic nitrogens is 3. The Morgan fingerprint density at radius 2 is 1.93 bits per heavy atom. The van der Waals surface area contributed by atoms with E-state index in [0.29, 0.717) is 6.54 Å². The van der Waals surface area contributed by atoms with Gasteiger partial charge in [0.1, 0.15) is 23.6 Å². The topological polar surface area (TPSA) is 72.3 Å². The minimum absolute atomic E-state index is 0.0623. The van der Waals surface area contributed by atoms with Gasteiger partial charge in [0, 0.05) is 6.54 Å². The Morgan fingerprint density at radius 3 is 2.70 bits per heavy atom. The Bertz CT molecular complexity index is 1070. The highest BCUT2D eigenvalue weighted by atomic mass is 16.6. The van der Waals surface area contributed by atoms with Crippen LogP contribution in [0.4, 0.5) is 10.6 Å². The van der Waals surface area contributed by atoms with Crippen molar-refractivity contribution in [1.29, 1.82) is 0 Å². The van der Waals surface area contributed by atoms with Crippen LogP contribution in [0.3, 0.4) is 0 Å². The van der Waals surface area contributed by atoms with E-state index in [0.717, 1.165) is 29.1 Å². The quantitative estimate of drug-likeness (QED) is 0.686. The molecule has 0 aliphatic carbocycles. The Hall–Kier alpha value is -3.09. The molecule has 1 aliphatic heterocycles. The van der Waals surface area contributed by atoms with Crippen molar-refractivity contribution in [3.63, 3.8) is 0 Å². The van der Waals surface area contributed by atoms with Crippen LogP contribution in [0.25, 0.3) is 16.9 Å². The van der Waals surface area contributed by atoms with E-state index in [9.17, 15) is 4.79 Å². The average molecular weight is 408 g/mol. The van der Waals surface area contributed by atoms with Gasteiger partial charge in [0.25, 0.3) is 0 Å². The molecule has 158 valence electrons. The molecular formula is C23H29N5O2. The van der Waals surface area contributed by atoms with Gasteiger partial charge in [-0.1, -0.05) is 18.2 Å². The molecule has 1 amide bonds. The molecule has 1 aliphatic rings. The van der Waals surface area contributed by atoms with Crippen molar-refractivity contribution in [1.82, 2.24) is 19.4 Å². The number of fused-ring (bicyclic) bond motifs is 1. The normalized spacial score (nSPS) is 18.6. The van der Waals surface area contributed by atoms with Crippen LogP contribution in [-0.2, 0) is 4.74 Å². The molecule has 1 unspecified atom stereocenters. The van der Waals surface area contributed by atoms with Crippen molar-refractivity contribution >= 4 is 22.9 Å². The number of rotatable bonds is 3. The molecule has 1 aromatic carbocycles. The molecular weight excluding hydrogens is 378 g/mol. The second-order valence-corrected chi connectivity index (χ2v) is 9.26. The Kier molecular flexibility index (Phi) is 4.92. The predicted octanol–water partition coefficient (Wildman–Crippen LogP) is 4.62. The summed E-state index contributed by atoms with van der Waals surface area (Å²) in [5, 5.41) is 3.53. The molecule has 7 nitrogen and oxygen atoms in total. The number of hydrogen-bond acceptors (Lipinski definition) is 5. The first-order valence-electron chi connectivity index (χ1n) is 10.3. The number of carbonyl (C=O) groups is 1. The molecule has 1 N–H and O–H groups in total. The third-order valence-electron chi connectivity index (χ3n) is 5.56. The van der Waals surface area contributed by atoms with Crippen LogP contribution >= 0.6 is 0 Å². The van der Waals surface area contributed by atoms with Crippen LogP contribution in [0.5, 0.6) is 0 Å². The number of para-hydroxylation sites is 2. The monoisotopic (exact) mass is 407 g/mol. The minimum Gasteiger partial charge on any atom is -0.444 e. The smallest absolute Gasteiger partial charge is 0.410 e. The van der Waals surface area contributed by atoms with Crippen LogP contribution < -0.4 is 5.32 Å². The van der Waals surface area contributed by atoms with Crippen LogP contribution in [-0.4, -0.2) is 49.3 Å². The summed E-state index contributed by atoms with van der Waals surface area (Å²) in [6, 6.07) is 13.9. The predicted molar refractivity (Wildman–Crippen MR) is 118 cm³/mol. The third kappa shape index (κ3) is 3.84. The second kappa shape index (κ2) is 7.31. The fraction of sp³-hybridized carbons (Fsp3) is 0.435. The average Bonchev–Trinajstić information content (AvgIpc) is 3.22. The lowest BCUT2D eigenvalue weighted by atomic mass is 9.96. The van der Waals surface area contributed by atoms with E-state index in [1.165, 1.54) is 0 Å². The van der Waals surface area contributed by atoms with Crippen LogP contribution in [0.2, 0.25) is 0 Å². The Morgan fingerprint density at radius 1 is 1.17 bits per heavy atom. The van der Waals surface area contributed by atoms with Gasteiger partial charge in [-0.05, 0) is 65.3 Å². The van der Waals surface area contributed by atoms with Gasteiger partial charge in [0.15, 0.2) is 0 Å². The summed E-state index contributed by atoms with van der Waals surface area (Å²) >= 11 is 0. The molecule has 1 fully saturated rings. The molecule has 0 bridgehead atoms. The number of nitrogens with zero attached hydrogens (tertiary/aromatic N) is 4. The second-order valence-electron chi connectivity index (χ2n) is 9.26. The Balaban J connectivity index is 1.54. The molecule has 0 spiro atoms. The first kappa shape index (κ1) is 20.2. The zero-order valence-corrected chi connectivity index (χ0v) is 18.2. The van der Waals surface area contributed by atoms with Crippen LogP contribution in [0.15, 0.2) is 48.8 Å². The van der Waals surface area contributed by atoms with E-state index in [1.54, 1.807) is 6.33 Å². The number of nitrogens with one attached hydrogen (secondary N) is 1. The maximum absolute atomic E-state index is 12.7. The molecule has 4 rings (SSSR count). The lowest BCUT2D eigenvalue weighted by molar-refractivity contribution is 0.0125. The number of carbonyl (C=O) groups excluding carboxylic acids is 1. The van der Waals surface area contributed by atoms with E-state index in [2.05, 4.69) is 24.1 Å². The SMILES string of the molecule is CC(C)(C)OC(=O)N1CCC(Nc2cccc(-n3cnc4ccccc43)n2)C1(C)C. The number of anilines is 1.